The molecule has 4 nitrogen and oxygen atoms in total. The number of benzene rings is 1. The normalized spacial score (nSPS) is 10.2. The zero-order valence-corrected chi connectivity index (χ0v) is 11.2. The minimum absolute atomic E-state index is 0.166. The lowest BCUT2D eigenvalue weighted by atomic mass is 10.2. The number of unbranched alkanes of at least 4 members (excludes halogenated alkanes) is 1. The van der Waals surface area contributed by atoms with E-state index in [1.165, 1.54) is 0 Å². The number of rotatable bonds is 7. The Kier molecular flexibility index (Phi) is 6.22. The Labute approximate surface area is 109 Å². The van der Waals surface area contributed by atoms with Gasteiger partial charge in [-0.1, -0.05) is 12.1 Å². The summed E-state index contributed by atoms with van der Waals surface area (Å²) in [5.74, 6) is 0.995. The van der Waals surface area contributed by atoms with Crippen molar-refractivity contribution in [3.8, 4) is 5.75 Å². The Morgan fingerprint density at radius 2 is 1.94 bits per heavy atom. The van der Waals surface area contributed by atoms with Gasteiger partial charge in [0.15, 0.2) is 0 Å². The number of carbonyl (C=O) groups is 1. The summed E-state index contributed by atoms with van der Waals surface area (Å²) in [5, 5.41) is 0. The van der Waals surface area contributed by atoms with Crippen LogP contribution in [0.15, 0.2) is 24.3 Å². The number of nitrogens with zero attached hydrogens (tertiary/aromatic N) is 1. The summed E-state index contributed by atoms with van der Waals surface area (Å²) >= 11 is 0. The fraction of sp³-hybridized carbons (Fsp3) is 0.500. The van der Waals surface area contributed by atoms with Crippen molar-refractivity contribution in [2.45, 2.75) is 25.8 Å². The number of methoxy groups -OCH3 is 1. The molecule has 0 bridgehead atoms. The third-order valence-electron chi connectivity index (χ3n) is 2.85. The molecule has 0 aromatic heterocycles. The maximum Gasteiger partial charge on any atom is 0.222 e. The van der Waals surface area contributed by atoms with Gasteiger partial charge < -0.3 is 15.4 Å². The van der Waals surface area contributed by atoms with Crippen molar-refractivity contribution in [1.82, 2.24) is 4.90 Å². The predicted molar refractivity (Wildman–Crippen MR) is 72.4 cm³/mol. The van der Waals surface area contributed by atoms with Gasteiger partial charge in [-0.3, -0.25) is 4.79 Å². The number of hydrogen-bond donors (Lipinski definition) is 1. The highest BCUT2D eigenvalue weighted by Crippen LogP contribution is 2.13. The molecule has 0 radical (unpaired) electrons. The highest BCUT2D eigenvalue weighted by Gasteiger charge is 2.08. The minimum atomic E-state index is 0.166. The second-order valence-corrected chi connectivity index (χ2v) is 4.34. The fourth-order valence-corrected chi connectivity index (χ4v) is 1.70. The van der Waals surface area contributed by atoms with Crippen molar-refractivity contribution in [2.75, 3.05) is 20.7 Å². The molecular formula is C14H22N2O2. The van der Waals surface area contributed by atoms with Crippen molar-refractivity contribution in [1.29, 1.82) is 0 Å². The van der Waals surface area contributed by atoms with E-state index in [9.17, 15) is 4.79 Å². The van der Waals surface area contributed by atoms with Crippen molar-refractivity contribution >= 4 is 5.91 Å². The van der Waals surface area contributed by atoms with E-state index in [1.54, 1.807) is 12.0 Å². The van der Waals surface area contributed by atoms with Gasteiger partial charge in [0.2, 0.25) is 5.91 Å². The van der Waals surface area contributed by atoms with Crippen LogP contribution < -0.4 is 10.5 Å². The molecule has 0 unspecified atom stereocenters. The van der Waals surface area contributed by atoms with E-state index in [0.29, 0.717) is 19.5 Å². The molecule has 1 amide bonds. The molecule has 0 aliphatic heterocycles. The number of amides is 1. The number of nitrogens with two attached hydrogens (primary N) is 1. The van der Waals surface area contributed by atoms with Gasteiger partial charge in [-0.15, -0.1) is 0 Å². The first-order valence-electron chi connectivity index (χ1n) is 6.24. The van der Waals surface area contributed by atoms with Gasteiger partial charge in [-0.05, 0) is 37.1 Å². The van der Waals surface area contributed by atoms with Crippen LogP contribution in [0, 0.1) is 0 Å². The number of hydrogen-bond acceptors (Lipinski definition) is 3. The molecule has 1 rings (SSSR count). The van der Waals surface area contributed by atoms with E-state index >= 15 is 0 Å². The summed E-state index contributed by atoms with van der Waals surface area (Å²) in [4.78, 5) is 13.6. The van der Waals surface area contributed by atoms with Crippen LogP contribution in [-0.4, -0.2) is 31.5 Å². The average molecular weight is 250 g/mol. The van der Waals surface area contributed by atoms with Crippen LogP contribution >= 0.6 is 0 Å². The summed E-state index contributed by atoms with van der Waals surface area (Å²) in [5.41, 5.74) is 6.51. The monoisotopic (exact) mass is 250 g/mol. The van der Waals surface area contributed by atoms with E-state index in [2.05, 4.69) is 0 Å². The highest BCUT2D eigenvalue weighted by molar-refractivity contribution is 5.75. The van der Waals surface area contributed by atoms with Crippen LogP contribution in [0.25, 0.3) is 0 Å². The Morgan fingerprint density at radius 1 is 1.28 bits per heavy atom. The molecule has 100 valence electrons. The molecule has 0 heterocycles. The molecule has 0 saturated carbocycles. The van der Waals surface area contributed by atoms with Crippen LogP contribution in [0.2, 0.25) is 0 Å². The van der Waals surface area contributed by atoms with Crippen molar-refractivity contribution in [3.05, 3.63) is 29.8 Å². The lowest BCUT2D eigenvalue weighted by Crippen LogP contribution is -2.25. The van der Waals surface area contributed by atoms with Crippen LogP contribution in [0.4, 0.5) is 0 Å². The first-order valence-corrected chi connectivity index (χ1v) is 6.24. The zero-order valence-electron chi connectivity index (χ0n) is 11.2. The molecule has 1 aromatic carbocycles. The fourth-order valence-electron chi connectivity index (χ4n) is 1.70. The minimum Gasteiger partial charge on any atom is -0.497 e. The summed E-state index contributed by atoms with van der Waals surface area (Å²) in [6, 6.07) is 7.76. The molecule has 0 atom stereocenters. The molecule has 0 aliphatic carbocycles. The van der Waals surface area contributed by atoms with Crippen LogP contribution in [0.5, 0.6) is 5.75 Å². The Morgan fingerprint density at radius 3 is 2.50 bits per heavy atom. The first kappa shape index (κ1) is 14.5. The van der Waals surface area contributed by atoms with E-state index in [1.807, 2.05) is 31.3 Å². The van der Waals surface area contributed by atoms with Crippen molar-refractivity contribution in [3.63, 3.8) is 0 Å². The molecule has 18 heavy (non-hydrogen) atoms. The average Bonchev–Trinajstić information content (AvgIpc) is 2.39. The van der Waals surface area contributed by atoms with Crippen molar-refractivity contribution in [2.24, 2.45) is 5.73 Å². The Bertz CT molecular complexity index is 363. The second kappa shape index (κ2) is 7.71. The van der Waals surface area contributed by atoms with Crippen LogP contribution in [0.1, 0.15) is 24.8 Å². The van der Waals surface area contributed by atoms with Crippen molar-refractivity contribution < 1.29 is 9.53 Å². The Balaban J connectivity index is 2.42. The molecule has 0 spiro atoms. The standard InChI is InChI=1S/C14H22N2O2/c1-16(14(17)5-3-4-10-15)11-12-6-8-13(18-2)9-7-12/h6-9H,3-5,10-11,15H2,1-2H3. The molecule has 1 aromatic rings. The van der Waals surface area contributed by atoms with Gasteiger partial charge in [0.1, 0.15) is 5.75 Å². The van der Waals surface area contributed by atoms with E-state index in [0.717, 1.165) is 24.2 Å². The topological polar surface area (TPSA) is 55.6 Å². The number of ether oxygens (including phenoxy) is 1. The largest absolute Gasteiger partial charge is 0.497 e. The van der Waals surface area contributed by atoms with Crippen LogP contribution in [0.3, 0.4) is 0 Å². The summed E-state index contributed by atoms with van der Waals surface area (Å²) in [6.07, 6.45) is 2.34. The summed E-state index contributed by atoms with van der Waals surface area (Å²) < 4.78 is 5.09. The molecule has 0 fully saturated rings. The quantitative estimate of drug-likeness (QED) is 0.750. The third-order valence-corrected chi connectivity index (χ3v) is 2.85. The lowest BCUT2D eigenvalue weighted by Gasteiger charge is -2.17. The maximum absolute atomic E-state index is 11.8. The third kappa shape index (κ3) is 4.75. The molecule has 0 aliphatic rings. The lowest BCUT2D eigenvalue weighted by molar-refractivity contribution is -0.130. The number of carbonyl (C=O) groups excluding carboxylic acids is 1. The van der Waals surface area contributed by atoms with E-state index in [-0.39, 0.29) is 5.91 Å². The zero-order chi connectivity index (χ0) is 13.4. The van der Waals surface area contributed by atoms with Gasteiger partial charge in [0.25, 0.3) is 0 Å². The molecular weight excluding hydrogens is 228 g/mol. The van der Waals surface area contributed by atoms with E-state index in [4.69, 9.17) is 10.5 Å². The first-order chi connectivity index (χ1) is 8.67. The van der Waals surface area contributed by atoms with Gasteiger partial charge in [-0.2, -0.15) is 0 Å². The smallest absolute Gasteiger partial charge is 0.222 e. The summed E-state index contributed by atoms with van der Waals surface area (Å²) in [6.45, 7) is 1.28. The predicted octanol–water partition coefficient (Wildman–Crippen LogP) is 1.78. The van der Waals surface area contributed by atoms with Gasteiger partial charge >= 0.3 is 0 Å². The van der Waals surface area contributed by atoms with Gasteiger partial charge in [-0.25, -0.2) is 0 Å². The SMILES string of the molecule is COc1ccc(CN(C)C(=O)CCCCN)cc1. The van der Waals surface area contributed by atoms with Gasteiger partial charge in [0, 0.05) is 20.0 Å². The molecule has 4 heteroatoms. The molecule has 0 saturated heterocycles. The van der Waals surface area contributed by atoms with Gasteiger partial charge in [0.05, 0.1) is 7.11 Å². The highest BCUT2D eigenvalue weighted by atomic mass is 16.5. The second-order valence-electron chi connectivity index (χ2n) is 4.34. The summed E-state index contributed by atoms with van der Waals surface area (Å²) in [7, 11) is 3.47. The molecule has 2 N–H and O–H groups in total. The van der Waals surface area contributed by atoms with Crippen LogP contribution in [-0.2, 0) is 11.3 Å². The maximum atomic E-state index is 11.8. The Hall–Kier alpha value is -1.55. The van der Waals surface area contributed by atoms with E-state index < -0.39 is 0 Å².